The number of hydrogen-bond donors (Lipinski definition) is 1. The summed E-state index contributed by atoms with van der Waals surface area (Å²) < 4.78 is 5.22. The minimum Gasteiger partial charge on any atom is -0.384 e. The lowest BCUT2D eigenvalue weighted by atomic mass is 10.1. The van der Waals surface area contributed by atoms with Crippen LogP contribution < -0.4 is 0 Å². The normalized spacial score (nSPS) is 19.2. The summed E-state index contributed by atoms with van der Waals surface area (Å²) in [5.41, 5.74) is 2.27. The SMILES string of the molecule is COCC1CCN(Cc2ccc(C#CCO)cc2)C1. The zero-order valence-electron chi connectivity index (χ0n) is 11.4. The number of hydrogen-bond acceptors (Lipinski definition) is 3. The van der Waals surface area contributed by atoms with Crippen LogP contribution in [0.4, 0.5) is 0 Å². The third-order valence-electron chi connectivity index (χ3n) is 3.44. The molecule has 0 radical (unpaired) electrons. The Kier molecular flexibility index (Phi) is 5.41. The number of aliphatic hydroxyl groups excluding tert-OH is 1. The van der Waals surface area contributed by atoms with Gasteiger partial charge < -0.3 is 9.84 Å². The van der Waals surface area contributed by atoms with Gasteiger partial charge in [-0.1, -0.05) is 24.0 Å². The van der Waals surface area contributed by atoms with Gasteiger partial charge in [0.1, 0.15) is 6.61 Å². The van der Waals surface area contributed by atoms with E-state index in [1.807, 2.05) is 12.1 Å². The summed E-state index contributed by atoms with van der Waals surface area (Å²) in [7, 11) is 1.77. The average Bonchev–Trinajstić information content (AvgIpc) is 2.86. The van der Waals surface area contributed by atoms with Crippen molar-refractivity contribution in [2.75, 3.05) is 33.4 Å². The first kappa shape index (κ1) is 14.1. The molecule has 1 heterocycles. The number of aliphatic hydroxyl groups is 1. The predicted octanol–water partition coefficient (Wildman–Crippen LogP) is 1.50. The molecule has 1 unspecified atom stereocenters. The molecular formula is C16H21NO2. The van der Waals surface area contributed by atoms with E-state index in [0.717, 1.165) is 31.8 Å². The lowest BCUT2D eigenvalue weighted by Gasteiger charge is -2.15. The van der Waals surface area contributed by atoms with Gasteiger partial charge in [-0.3, -0.25) is 4.90 Å². The molecule has 1 atom stereocenters. The predicted molar refractivity (Wildman–Crippen MR) is 75.7 cm³/mol. The molecule has 19 heavy (non-hydrogen) atoms. The van der Waals surface area contributed by atoms with E-state index >= 15 is 0 Å². The van der Waals surface area contributed by atoms with E-state index < -0.39 is 0 Å². The van der Waals surface area contributed by atoms with Crippen molar-refractivity contribution in [3.05, 3.63) is 35.4 Å². The highest BCUT2D eigenvalue weighted by atomic mass is 16.5. The van der Waals surface area contributed by atoms with Crippen molar-refractivity contribution >= 4 is 0 Å². The van der Waals surface area contributed by atoms with E-state index in [-0.39, 0.29) is 6.61 Å². The third kappa shape index (κ3) is 4.36. The van der Waals surface area contributed by atoms with Crippen LogP contribution in [-0.2, 0) is 11.3 Å². The van der Waals surface area contributed by atoms with Crippen molar-refractivity contribution in [1.82, 2.24) is 4.90 Å². The van der Waals surface area contributed by atoms with Crippen LogP contribution in [0.2, 0.25) is 0 Å². The summed E-state index contributed by atoms with van der Waals surface area (Å²) in [4.78, 5) is 2.47. The molecule has 1 fully saturated rings. The van der Waals surface area contributed by atoms with Crippen molar-refractivity contribution in [2.45, 2.75) is 13.0 Å². The van der Waals surface area contributed by atoms with E-state index in [2.05, 4.69) is 28.9 Å². The minimum atomic E-state index is -0.0869. The van der Waals surface area contributed by atoms with Gasteiger partial charge in [0.2, 0.25) is 0 Å². The quantitative estimate of drug-likeness (QED) is 0.832. The van der Waals surface area contributed by atoms with Crippen molar-refractivity contribution in [3.63, 3.8) is 0 Å². The second kappa shape index (κ2) is 7.30. The molecule has 0 spiro atoms. The lowest BCUT2D eigenvalue weighted by molar-refractivity contribution is 0.152. The maximum absolute atomic E-state index is 8.65. The molecule has 102 valence electrons. The molecule has 1 aliphatic heterocycles. The van der Waals surface area contributed by atoms with E-state index in [1.54, 1.807) is 7.11 Å². The Balaban J connectivity index is 1.86. The van der Waals surface area contributed by atoms with Gasteiger partial charge in [-0.2, -0.15) is 0 Å². The number of rotatable bonds is 4. The van der Waals surface area contributed by atoms with Crippen LogP contribution >= 0.6 is 0 Å². The summed E-state index contributed by atoms with van der Waals surface area (Å²) in [6.45, 7) is 4.05. The van der Waals surface area contributed by atoms with Gasteiger partial charge in [-0.15, -0.1) is 0 Å². The van der Waals surface area contributed by atoms with Gasteiger partial charge in [0, 0.05) is 25.8 Å². The molecule has 0 bridgehead atoms. The Labute approximate surface area is 115 Å². The van der Waals surface area contributed by atoms with Crippen molar-refractivity contribution < 1.29 is 9.84 Å². The van der Waals surface area contributed by atoms with E-state index in [0.29, 0.717) is 5.92 Å². The second-order valence-corrected chi connectivity index (χ2v) is 5.00. The highest BCUT2D eigenvalue weighted by Crippen LogP contribution is 2.18. The Morgan fingerprint density at radius 1 is 1.37 bits per heavy atom. The van der Waals surface area contributed by atoms with Gasteiger partial charge in [0.15, 0.2) is 0 Å². The molecule has 1 aliphatic rings. The lowest BCUT2D eigenvalue weighted by Crippen LogP contribution is -2.21. The van der Waals surface area contributed by atoms with Crippen LogP contribution in [0.15, 0.2) is 24.3 Å². The number of benzene rings is 1. The molecule has 1 saturated heterocycles. The Bertz CT molecular complexity index is 444. The molecule has 3 nitrogen and oxygen atoms in total. The molecule has 0 aromatic heterocycles. The fraction of sp³-hybridized carbons (Fsp3) is 0.500. The molecule has 0 aliphatic carbocycles. The smallest absolute Gasteiger partial charge is 0.104 e. The molecule has 2 rings (SSSR count). The standard InChI is InChI=1S/C16H21NO2/c1-19-13-16-8-9-17(12-16)11-15-6-4-14(5-7-15)3-2-10-18/h4-7,16,18H,8-13H2,1H3. The molecule has 0 saturated carbocycles. The summed E-state index contributed by atoms with van der Waals surface area (Å²) in [6.07, 6.45) is 1.23. The van der Waals surface area contributed by atoms with Crippen molar-refractivity contribution in [2.24, 2.45) is 5.92 Å². The average molecular weight is 259 g/mol. The van der Waals surface area contributed by atoms with Crippen LogP contribution in [0.5, 0.6) is 0 Å². The van der Waals surface area contributed by atoms with Crippen molar-refractivity contribution in [3.8, 4) is 11.8 Å². The largest absolute Gasteiger partial charge is 0.384 e. The molecule has 1 N–H and O–H groups in total. The monoisotopic (exact) mass is 259 g/mol. The molecule has 3 heteroatoms. The van der Waals surface area contributed by atoms with Gasteiger partial charge in [0.25, 0.3) is 0 Å². The topological polar surface area (TPSA) is 32.7 Å². The van der Waals surface area contributed by atoms with E-state index in [9.17, 15) is 0 Å². The molecular weight excluding hydrogens is 238 g/mol. The van der Waals surface area contributed by atoms with Gasteiger partial charge in [-0.05, 0) is 36.6 Å². The second-order valence-electron chi connectivity index (χ2n) is 5.00. The van der Waals surface area contributed by atoms with Gasteiger partial charge in [0.05, 0.1) is 6.61 Å². The highest BCUT2D eigenvalue weighted by Gasteiger charge is 2.21. The third-order valence-corrected chi connectivity index (χ3v) is 3.44. The molecule has 0 amide bonds. The molecule has 1 aromatic rings. The summed E-state index contributed by atoms with van der Waals surface area (Å²) in [6, 6.07) is 8.26. The summed E-state index contributed by atoms with van der Waals surface area (Å²) in [5, 5.41) is 8.65. The Morgan fingerprint density at radius 3 is 2.84 bits per heavy atom. The maximum atomic E-state index is 8.65. The van der Waals surface area contributed by atoms with Crippen LogP contribution in [-0.4, -0.2) is 43.4 Å². The van der Waals surface area contributed by atoms with Crippen LogP contribution in [0.1, 0.15) is 17.5 Å². The number of methoxy groups -OCH3 is 1. The van der Waals surface area contributed by atoms with Crippen molar-refractivity contribution in [1.29, 1.82) is 0 Å². The van der Waals surface area contributed by atoms with E-state index in [1.165, 1.54) is 12.0 Å². The fourth-order valence-corrected chi connectivity index (χ4v) is 2.52. The van der Waals surface area contributed by atoms with E-state index in [4.69, 9.17) is 9.84 Å². The number of nitrogens with zero attached hydrogens (tertiary/aromatic N) is 1. The minimum absolute atomic E-state index is 0.0869. The fourth-order valence-electron chi connectivity index (χ4n) is 2.52. The van der Waals surface area contributed by atoms with Gasteiger partial charge >= 0.3 is 0 Å². The Morgan fingerprint density at radius 2 is 2.16 bits per heavy atom. The van der Waals surface area contributed by atoms with Crippen LogP contribution in [0.3, 0.4) is 0 Å². The first-order chi connectivity index (χ1) is 9.31. The summed E-state index contributed by atoms with van der Waals surface area (Å²) in [5.74, 6) is 6.25. The zero-order valence-corrected chi connectivity index (χ0v) is 11.4. The highest BCUT2D eigenvalue weighted by molar-refractivity contribution is 5.36. The van der Waals surface area contributed by atoms with Crippen LogP contribution in [0.25, 0.3) is 0 Å². The maximum Gasteiger partial charge on any atom is 0.104 e. The van der Waals surface area contributed by atoms with Crippen LogP contribution in [0, 0.1) is 17.8 Å². The number of ether oxygens (including phenoxy) is 1. The first-order valence-electron chi connectivity index (χ1n) is 6.72. The first-order valence-corrected chi connectivity index (χ1v) is 6.72. The zero-order chi connectivity index (χ0) is 13.5. The molecule has 1 aromatic carbocycles. The Hall–Kier alpha value is -1.34. The summed E-state index contributed by atoms with van der Waals surface area (Å²) >= 11 is 0. The number of likely N-dealkylation sites (tertiary alicyclic amines) is 1. The van der Waals surface area contributed by atoms with Gasteiger partial charge in [-0.25, -0.2) is 0 Å².